The van der Waals surface area contributed by atoms with Gasteiger partial charge < -0.3 is 0 Å². The van der Waals surface area contributed by atoms with E-state index in [1.807, 2.05) is 0 Å². The topological polar surface area (TPSA) is 54.5 Å². The SMILES string of the molecule is O=C1C[C@H]2CC[C@@H](C1)N2S(=O)(=O)c1ccc(F)cc1Cl. The number of ketones is 1. The smallest absolute Gasteiger partial charge is 0.245 e. The highest BCUT2D eigenvalue weighted by molar-refractivity contribution is 7.89. The van der Waals surface area contributed by atoms with Gasteiger partial charge in [-0.2, -0.15) is 4.31 Å². The highest BCUT2D eigenvalue weighted by atomic mass is 35.5. The van der Waals surface area contributed by atoms with Gasteiger partial charge in [0.15, 0.2) is 0 Å². The Balaban J connectivity index is 2.03. The molecule has 7 heteroatoms. The summed E-state index contributed by atoms with van der Waals surface area (Å²) >= 11 is 5.86. The van der Waals surface area contributed by atoms with E-state index in [1.165, 1.54) is 10.4 Å². The van der Waals surface area contributed by atoms with E-state index in [4.69, 9.17) is 11.6 Å². The van der Waals surface area contributed by atoms with Crippen molar-refractivity contribution in [3.8, 4) is 0 Å². The van der Waals surface area contributed by atoms with Gasteiger partial charge in [-0.05, 0) is 31.0 Å². The van der Waals surface area contributed by atoms with Gasteiger partial charge in [0, 0.05) is 24.9 Å². The molecule has 2 aliphatic heterocycles. The number of hydrogen-bond donors (Lipinski definition) is 0. The standard InChI is InChI=1S/C13H13ClFNO3S/c14-12-5-8(15)1-4-13(12)20(18,19)16-9-2-3-10(16)7-11(17)6-9/h1,4-5,9-10H,2-3,6-7H2/t9-,10+. The van der Waals surface area contributed by atoms with Crippen LogP contribution >= 0.6 is 11.6 Å². The van der Waals surface area contributed by atoms with Gasteiger partial charge in [0.2, 0.25) is 10.0 Å². The van der Waals surface area contributed by atoms with Crippen LogP contribution in [0.4, 0.5) is 4.39 Å². The molecular formula is C13H13ClFNO3S. The van der Waals surface area contributed by atoms with Crippen molar-refractivity contribution in [3.05, 3.63) is 29.0 Å². The third kappa shape index (κ3) is 2.16. The van der Waals surface area contributed by atoms with Crippen LogP contribution in [0.1, 0.15) is 25.7 Å². The van der Waals surface area contributed by atoms with Crippen molar-refractivity contribution < 1.29 is 17.6 Å². The molecule has 2 saturated heterocycles. The number of carbonyl (C=O) groups is 1. The lowest BCUT2D eigenvalue weighted by Crippen LogP contribution is -2.46. The number of benzene rings is 1. The van der Waals surface area contributed by atoms with Crippen molar-refractivity contribution in [1.29, 1.82) is 0 Å². The van der Waals surface area contributed by atoms with Crippen LogP contribution in [0.2, 0.25) is 5.02 Å². The minimum Gasteiger partial charge on any atom is -0.300 e. The molecule has 0 amide bonds. The van der Waals surface area contributed by atoms with E-state index in [1.54, 1.807) is 0 Å². The highest BCUT2D eigenvalue weighted by Gasteiger charge is 2.47. The maximum absolute atomic E-state index is 13.1. The van der Waals surface area contributed by atoms with Crippen molar-refractivity contribution >= 4 is 27.4 Å². The summed E-state index contributed by atoms with van der Waals surface area (Å²) in [6.07, 6.45) is 1.89. The Hall–Kier alpha value is -0.980. The quantitative estimate of drug-likeness (QED) is 0.841. The zero-order chi connectivity index (χ0) is 14.5. The van der Waals surface area contributed by atoms with E-state index >= 15 is 0 Å². The lowest BCUT2D eigenvalue weighted by Gasteiger charge is -2.33. The first-order valence-corrected chi connectivity index (χ1v) is 8.21. The Bertz CT molecular complexity index is 660. The molecule has 0 unspecified atom stereocenters. The molecule has 4 nitrogen and oxygen atoms in total. The summed E-state index contributed by atoms with van der Waals surface area (Å²) in [4.78, 5) is 11.5. The molecule has 108 valence electrons. The predicted molar refractivity (Wildman–Crippen MR) is 71.5 cm³/mol. The normalized spacial score (nSPS) is 27.0. The second-order valence-corrected chi connectivity index (χ2v) is 7.46. The molecule has 0 aromatic heterocycles. The molecule has 0 spiro atoms. The molecule has 1 aromatic carbocycles. The molecule has 0 N–H and O–H groups in total. The minimum absolute atomic E-state index is 0.0909. The zero-order valence-electron chi connectivity index (χ0n) is 10.6. The molecule has 3 rings (SSSR count). The average molecular weight is 318 g/mol. The van der Waals surface area contributed by atoms with Crippen molar-refractivity contribution in [2.24, 2.45) is 0 Å². The summed E-state index contributed by atoms with van der Waals surface area (Å²) in [5.74, 6) is -0.472. The van der Waals surface area contributed by atoms with Crippen LogP contribution in [0.3, 0.4) is 0 Å². The van der Waals surface area contributed by atoms with Gasteiger partial charge >= 0.3 is 0 Å². The minimum atomic E-state index is -3.79. The summed E-state index contributed by atoms with van der Waals surface area (Å²) in [6, 6.07) is 2.68. The summed E-state index contributed by atoms with van der Waals surface area (Å²) < 4.78 is 39.8. The Labute approximate surface area is 121 Å². The van der Waals surface area contributed by atoms with Crippen molar-refractivity contribution in [1.82, 2.24) is 4.31 Å². The van der Waals surface area contributed by atoms with Crippen LogP contribution < -0.4 is 0 Å². The third-order valence-corrected chi connectivity index (χ3v) is 6.42. The summed E-state index contributed by atoms with van der Waals surface area (Å²) in [5, 5.41) is -0.124. The van der Waals surface area contributed by atoms with Crippen LogP contribution in [-0.2, 0) is 14.8 Å². The molecule has 20 heavy (non-hydrogen) atoms. The molecule has 0 saturated carbocycles. The molecule has 2 heterocycles. The molecule has 2 fully saturated rings. The molecule has 0 radical (unpaired) electrons. The van der Waals surface area contributed by atoms with Gasteiger partial charge in [0.05, 0.1) is 5.02 Å². The lowest BCUT2D eigenvalue weighted by atomic mass is 10.0. The molecular weight excluding hydrogens is 305 g/mol. The molecule has 2 atom stereocenters. The first-order valence-electron chi connectivity index (χ1n) is 6.40. The highest BCUT2D eigenvalue weighted by Crippen LogP contribution is 2.39. The largest absolute Gasteiger partial charge is 0.300 e. The monoisotopic (exact) mass is 317 g/mol. The van der Waals surface area contributed by atoms with Gasteiger partial charge in [0.25, 0.3) is 0 Å². The maximum Gasteiger partial charge on any atom is 0.245 e. The van der Waals surface area contributed by atoms with Gasteiger partial charge in [-0.15, -0.1) is 0 Å². The zero-order valence-corrected chi connectivity index (χ0v) is 12.1. The molecule has 0 aliphatic carbocycles. The van der Waals surface area contributed by atoms with Crippen LogP contribution in [0.25, 0.3) is 0 Å². The van der Waals surface area contributed by atoms with Crippen LogP contribution in [0.5, 0.6) is 0 Å². The Morgan fingerprint density at radius 3 is 2.35 bits per heavy atom. The average Bonchev–Trinajstić information content (AvgIpc) is 2.62. The van der Waals surface area contributed by atoms with E-state index in [2.05, 4.69) is 0 Å². The van der Waals surface area contributed by atoms with Crippen molar-refractivity contribution in [2.75, 3.05) is 0 Å². The number of Topliss-reactive ketones (excluding diaryl/α,β-unsaturated/α-hetero) is 1. The number of sulfonamides is 1. The first-order chi connectivity index (χ1) is 9.39. The second-order valence-electron chi connectivity index (χ2n) is 5.24. The predicted octanol–water partition coefficient (Wildman–Crippen LogP) is 2.36. The van der Waals surface area contributed by atoms with Crippen LogP contribution in [0, 0.1) is 5.82 Å². The van der Waals surface area contributed by atoms with Gasteiger partial charge in [-0.25, -0.2) is 12.8 Å². The Morgan fingerprint density at radius 1 is 1.20 bits per heavy atom. The van der Waals surface area contributed by atoms with Gasteiger partial charge in [0.1, 0.15) is 16.5 Å². The lowest BCUT2D eigenvalue weighted by molar-refractivity contribution is -0.122. The number of piperidine rings is 1. The van der Waals surface area contributed by atoms with Crippen molar-refractivity contribution in [2.45, 2.75) is 42.7 Å². The van der Waals surface area contributed by atoms with E-state index < -0.39 is 15.8 Å². The number of nitrogens with zero attached hydrogens (tertiary/aromatic N) is 1. The Kier molecular flexibility index (Phi) is 3.35. The van der Waals surface area contributed by atoms with E-state index in [-0.39, 0.29) is 40.6 Å². The number of fused-ring (bicyclic) bond motifs is 2. The maximum atomic E-state index is 13.1. The van der Waals surface area contributed by atoms with E-state index in [0.717, 1.165) is 12.1 Å². The van der Waals surface area contributed by atoms with E-state index in [0.29, 0.717) is 12.8 Å². The van der Waals surface area contributed by atoms with Gasteiger partial charge in [-0.3, -0.25) is 4.79 Å². The van der Waals surface area contributed by atoms with Crippen LogP contribution in [-0.4, -0.2) is 30.6 Å². The Morgan fingerprint density at radius 2 is 1.80 bits per heavy atom. The van der Waals surface area contributed by atoms with Gasteiger partial charge in [-0.1, -0.05) is 11.6 Å². The van der Waals surface area contributed by atoms with Crippen molar-refractivity contribution in [3.63, 3.8) is 0 Å². The molecule has 2 aliphatic rings. The summed E-state index contributed by atoms with van der Waals surface area (Å²) in [7, 11) is -3.79. The van der Waals surface area contributed by atoms with E-state index in [9.17, 15) is 17.6 Å². The summed E-state index contributed by atoms with van der Waals surface area (Å²) in [5.41, 5.74) is 0. The fourth-order valence-electron chi connectivity index (χ4n) is 3.12. The molecule has 2 bridgehead atoms. The number of halogens is 2. The summed E-state index contributed by atoms with van der Waals surface area (Å²) in [6.45, 7) is 0. The molecule has 1 aromatic rings. The second kappa shape index (κ2) is 4.79. The number of hydrogen-bond acceptors (Lipinski definition) is 3. The van der Waals surface area contributed by atoms with Crippen LogP contribution in [0.15, 0.2) is 23.1 Å². The fraction of sp³-hybridized carbons (Fsp3) is 0.462. The third-order valence-electron chi connectivity index (χ3n) is 3.93. The first kappa shape index (κ1) is 14.0. The number of carbonyl (C=O) groups excluding carboxylic acids is 1. The fourth-order valence-corrected chi connectivity index (χ4v) is 5.50. The number of rotatable bonds is 2.